The highest BCUT2D eigenvalue weighted by Crippen LogP contribution is 2.31. The first kappa shape index (κ1) is 20.9. The minimum Gasteiger partial charge on any atom is -0.404 e. The summed E-state index contributed by atoms with van der Waals surface area (Å²) >= 11 is 0. The predicted molar refractivity (Wildman–Crippen MR) is 111 cm³/mol. The fourth-order valence-electron chi connectivity index (χ4n) is 3.41. The van der Waals surface area contributed by atoms with Crippen LogP contribution in [0.25, 0.3) is 0 Å². The van der Waals surface area contributed by atoms with Crippen LogP contribution in [0.3, 0.4) is 0 Å². The van der Waals surface area contributed by atoms with Crippen molar-refractivity contribution in [2.24, 2.45) is 4.99 Å². The molecule has 0 fully saturated rings. The van der Waals surface area contributed by atoms with Crippen molar-refractivity contribution in [3.05, 3.63) is 89.5 Å². The van der Waals surface area contributed by atoms with E-state index in [2.05, 4.69) is 14.5 Å². The van der Waals surface area contributed by atoms with Gasteiger partial charge in [0.15, 0.2) is 0 Å². The molecule has 5 nitrogen and oxygen atoms in total. The molecule has 4 rings (SSSR count). The Morgan fingerprint density at radius 3 is 2.48 bits per heavy atom. The smallest absolute Gasteiger partial charge is 0.404 e. The van der Waals surface area contributed by atoms with Gasteiger partial charge in [-0.1, -0.05) is 48.5 Å². The summed E-state index contributed by atoms with van der Waals surface area (Å²) in [6.45, 7) is 0.616. The van der Waals surface area contributed by atoms with Gasteiger partial charge in [-0.15, -0.1) is 13.2 Å². The van der Waals surface area contributed by atoms with Crippen molar-refractivity contribution in [1.82, 2.24) is 0 Å². The zero-order chi connectivity index (χ0) is 22.1. The number of fused-ring (bicyclic) bond motifs is 1. The van der Waals surface area contributed by atoms with Crippen molar-refractivity contribution < 1.29 is 26.3 Å². The molecule has 0 bridgehead atoms. The van der Waals surface area contributed by atoms with E-state index in [9.17, 15) is 21.6 Å². The molecule has 0 aliphatic carbocycles. The van der Waals surface area contributed by atoms with Crippen LogP contribution in [0.2, 0.25) is 0 Å². The molecular formula is C22H17F3N2O3S. The van der Waals surface area contributed by atoms with Crippen LogP contribution in [0.5, 0.6) is 5.75 Å². The number of benzene rings is 3. The molecule has 9 heteroatoms. The van der Waals surface area contributed by atoms with E-state index in [4.69, 9.17) is 0 Å². The third-order valence-electron chi connectivity index (χ3n) is 4.68. The van der Waals surface area contributed by atoms with Gasteiger partial charge < -0.3 is 4.74 Å². The lowest BCUT2D eigenvalue weighted by Gasteiger charge is -2.18. The highest BCUT2D eigenvalue weighted by atomic mass is 32.2. The molecule has 0 amide bonds. The molecule has 1 heterocycles. The van der Waals surface area contributed by atoms with Gasteiger partial charge >= 0.3 is 6.36 Å². The highest BCUT2D eigenvalue weighted by molar-refractivity contribution is 7.92. The Morgan fingerprint density at radius 1 is 0.935 bits per heavy atom. The van der Waals surface area contributed by atoms with E-state index >= 15 is 0 Å². The Balaban J connectivity index is 1.66. The van der Waals surface area contributed by atoms with Gasteiger partial charge in [0.25, 0.3) is 10.0 Å². The summed E-state index contributed by atoms with van der Waals surface area (Å²) in [5.74, 6) is -0.802. The quantitative estimate of drug-likeness (QED) is 0.613. The average Bonchev–Trinajstić information content (AvgIpc) is 2.72. The second-order valence-corrected chi connectivity index (χ2v) is 8.47. The first-order valence-electron chi connectivity index (χ1n) is 9.34. The van der Waals surface area contributed by atoms with E-state index in [-0.39, 0.29) is 5.69 Å². The van der Waals surface area contributed by atoms with E-state index in [0.717, 1.165) is 35.4 Å². The highest BCUT2D eigenvalue weighted by Gasteiger charge is 2.34. The van der Waals surface area contributed by atoms with Gasteiger partial charge in [-0.2, -0.15) is 0 Å². The van der Waals surface area contributed by atoms with E-state index < -0.39 is 27.0 Å². The van der Waals surface area contributed by atoms with Crippen LogP contribution < -0.4 is 9.46 Å². The minimum absolute atomic E-state index is 0.199. The van der Waals surface area contributed by atoms with Crippen LogP contribution in [-0.4, -0.2) is 27.0 Å². The number of ether oxygens (including phenoxy) is 1. The Bertz CT molecular complexity index is 1250. The lowest BCUT2D eigenvalue weighted by molar-refractivity contribution is -0.275. The lowest BCUT2D eigenvalue weighted by Crippen LogP contribution is -2.21. The number of nitrogens with zero attached hydrogens (tertiary/aromatic N) is 1. The van der Waals surface area contributed by atoms with Crippen molar-refractivity contribution in [2.75, 3.05) is 11.3 Å². The molecule has 1 N–H and O–H groups in total. The van der Waals surface area contributed by atoms with Gasteiger partial charge in [0.1, 0.15) is 10.6 Å². The number of hydrogen-bond acceptors (Lipinski definition) is 4. The van der Waals surface area contributed by atoms with Crippen molar-refractivity contribution in [3.63, 3.8) is 0 Å². The third-order valence-corrected chi connectivity index (χ3v) is 6.10. The summed E-state index contributed by atoms with van der Waals surface area (Å²) in [7, 11) is -4.34. The maximum atomic E-state index is 12.8. The van der Waals surface area contributed by atoms with Gasteiger partial charge in [0, 0.05) is 23.4 Å². The van der Waals surface area contributed by atoms with Gasteiger partial charge in [-0.05, 0) is 36.2 Å². The Kier molecular flexibility index (Phi) is 5.45. The number of halogens is 3. The lowest BCUT2D eigenvalue weighted by atomic mass is 9.93. The summed E-state index contributed by atoms with van der Waals surface area (Å²) in [6, 6.07) is 19.0. The molecule has 0 atom stereocenters. The standard InChI is InChI=1S/C22H17F3N2O3S/c23-22(24,25)30-19-10-3-4-11-20(19)31(28,29)27-17-8-5-7-16(14-17)21-18-9-2-1-6-15(18)12-13-26-21/h1-11,14,27H,12-13H2. The Hall–Kier alpha value is -3.33. The van der Waals surface area contributed by atoms with Crippen molar-refractivity contribution >= 4 is 21.4 Å². The Labute approximate surface area is 177 Å². The van der Waals surface area contributed by atoms with Gasteiger partial charge in [0.05, 0.1) is 5.71 Å². The van der Waals surface area contributed by atoms with E-state index in [1.165, 1.54) is 18.2 Å². The third kappa shape index (κ3) is 4.72. The van der Waals surface area contributed by atoms with E-state index in [0.29, 0.717) is 12.1 Å². The van der Waals surface area contributed by atoms with Crippen LogP contribution in [0.4, 0.5) is 18.9 Å². The summed E-state index contributed by atoms with van der Waals surface area (Å²) in [4.78, 5) is 3.97. The molecule has 1 aliphatic rings. The molecule has 0 saturated heterocycles. The largest absolute Gasteiger partial charge is 0.573 e. The van der Waals surface area contributed by atoms with Gasteiger partial charge in [-0.3, -0.25) is 9.71 Å². The second-order valence-electron chi connectivity index (χ2n) is 6.82. The maximum absolute atomic E-state index is 12.8. The number of sulfonamides is 1. The zero-order valence-electron chi connectivity index (χ0n) is 16.1. The number of rotatable bonds is 5. The Morgan fingerprint density at radius 2 is 1.68 bits per heavy atom. The van der Waals surface area contributed by atoms with Gasteiger partial charge in [0.2, 0.25) is 0 Å². The molecule has 3 aromatic carbocycles. The number of aliphatic imine (C=N–C) groups is 1. The topological polar surface area (TPSA) is 67.8 Å². The van der Waals surface area contributed by atoms with Crippen LogP contribution in [0, 0.1) is 0 Å². The van der Waals surface area contributed by atoms with Crippen LogP contribution in [-0.2, 0) is 16.4 Å². The molecule has 0 spiro atoms. The number of hydrogen-bond donors (Lipinski definition) is 1. The van der Waals surface area contributed by atoms with Crippen LogP contribution in [0.1, 0.15) is 16.7 Å². The van der Waals surface area contributed by atoms with Crippen molar-refractivity contribution in [1.29, 1.82) is 0 Å². The number of alkyl halides is 3. The molecule has 0 unspecified atom stereocenters. The predicted octanol–water partition coefficient (Wildman–Crippen LogP) is 4.78. The summed E-state index contributed by atoms with van der Waals surface area (Å²) in [5, 5.41) is 0. The maximum Gasteiger partial charge on any atom is 0.573 e. The molecule has 0 radical (unpaired) electrons. The minimum atomic E-state index is -5.02. The molecule has 3 aromatic rings. The number of anilines is 1. The van der Waals surface area contributed by atoms with Crippen molar-refractivity contribution in [2.45, 2.75) is 17.7 Å². The summed E-state index contributed by atoms with van der Waals surface area (Å²) in [6.07, 6.45) is -4.19. The normalized spacial score (nSPS) is 13.8. The van der Waals surface area contributed by atoms with Crippen LogP contribution >= 0.6 is 0 Å². The van der Waals surface area contributed by atoms with E-state index in [1.54, 1.807) is 18.2 Å². The molecule has 0 saturated carbocycles. The van der Waals surface area contributed by atoms with Crippen LogP contribution in [0.15, 0.2) is 82.7 Å². The number of para-hydroxylation sites is 1. The first-order chi connectivity index (χ1) is 14.7. The summed E-state index contributed by atoms with van der Waals surface area (Å²) in [5.41, 5.74) is 3.76. The SMILES string of the molecule is O=S(=O)(Nc1cccc(C2=NCCc3ccccc32)c1)c1ccccc1OC(F)(F)F. The molecule has 0 aromatic heterocycles. The zero-order valence-corrected chi connectivity index (χ0v) is 16.9. The fraction of sp³-hybridized carbons (Fsp3) is 0.136. The van der Waals surface area contributed by atoms with Crippen molar-refractivity contribution in [3.8, 4) is 5.75 Å². The molecular weight excluding hydrogens is 429 g/mol. The van der Waals surface area contributed by atoms with Gasteiger partial charge in [-0.25, -0.2) is 8.42 Å². The molecule has 160 valence electrons. The first-order valence-corrected chi connectivity index (χ1v) is 10.8. The average molecular weight is 446 g/mol. The van der Waals surface area contributed by atoms with E-state index in [1.807, 2.05) is 24.3 Å². The number of nitrogens with one attached hydrogen (secondary N) is 1. The monoisotopic (exact) mass is 446 g/mol. The summed E-state index contributed by atoms with van der Waals surface area (Å²) < 4.78 is 69.8. The molecule has 31 heavy (non-hydrogen) atoms. The molecule has 1 aliphatic heterocycles. The fourth-order valence-corrected chi connectivity index (χ4v) is 4.59. The second kappa shape index (κ2) is 8.07.